The van der Waals surface area contributed by atoms with E-state index in [-0.39, 0.29) is 16.6 Å². The molecule has 14 heavy (non-hydrogen) atoms. The Morgan fingerprint density at radius 1 is 1.64 bits per heavy atom. The summed E-state index contributed by atoms with van der Waals surface area (Å²) >= 11 is 5.82. The van der Waals surface area contributed by atoms with Crippen LogP contribution in [0.5, 0.6) is 0 Å². The summed E-state index contributed by atoms with van der Waals surface area (Å²) in [5.41, 5.74) is 0.377. The number of fused-ring (bicyclic) bond motifs is 1. The van der Waals surface area contributed by atoms with Crippen molar-refractivity contribution in [1.29, 1.82) is 5.26 Å². The van der Waals surface area contributed by atoms with Gasteiger partial charge >= 0.3 is 0 Å². The van der Waals surface area contributed by atoms with E-state index in [1.54, 1.807) is 0 Å². The minimum atomic E-state index is 0.0851. The molecule has 0 saturated carbocycles. The average molecular weight is 207 g/mol. The summed E-state index contributed by atoms with van der Waals surface area (Å²) in [4.78, 5) is 18.2. The monoisotopic (exact) mass is 206 g/mol. The standard InChI is InChI=1S/C8H3ClN4O/c9-7-6(4-14)12-8-11-2-1-5(3-10)13(7)8/h1-2,4H. The summed E-state index contributed by atoms with van der Waals surface area (Å²) in [5.74, 6) is 0.246. The average Bonchev–Trinajstić information content (AvgIpc) is 2.55. The van der Waals surface area contributed by atoms with Gasteiger partial charge in [0.15, 0.2) is 6.29 Å². The molecule has 0 spiro atoms. The molecule has 6 heteroatoms. The number of hydrogen-bond donors (Lipinski definition) is 0. The molecule has 0 aliphatic rings. The minimum absolute atomic E-state index is 0.0851. The number of imidazole rings is 1. The third-order valence-corrected chi connectivity index (χ3v) is 2.08. The first-order valence-electron chi connectivity index (χ1n) is 3.66. The van der Waals surface area contributed by atoms with Gasteiger partial charge in [0, 0.05) is 6.20 Å². The van der Waals surface area contributed by atoms with Crippen LogP contribution >= 0.6 is 11.6 Å². The number of carbonyl (C=O) groups is 1. The van der Waals surface area contributed by atoms with Crippen LogP contribution in [0.3, 0.4) is 0 Å². The van der Waals surface area contributed by atoms with Gasteiger partial charge in [-0.25, -0.2) is 9.97 Å². The molecule has 0 aliphatic heterocycles. The number of aromatic nitrogens is 3. The predicted octanol–water partition coefficient (Wildman–Crippen LogP) is 1.07. The quantitative estimate of drug-likeness (QED) is 0.655. The van der Waals surface area contributed by atoms with Gasteiger partial charge in [-0.05, 0) is 6.07 Å². The van der Waals surface area contributed by atoms with Crippen LogP contribution in [0.15, 0.2) is 12.3 Å². The maximum Gasteiger partial charge on any atom is 0.236 e. The van der Waals surface area contributed by atoms with Crippen molar-refractivity contribution in [2.45, 2.75) is 0 Å². The molecule has 2 heterocycles. The van der Waals surface area contributed by atoms with Gasteiger partial charge in [0.1, 0.15) is 22.6 Å². The van der Waals surface area contributed by atoms with Crippen LogP contribution in [0.1, 0.15) is 16.2 Å². The summed E-state index contributed by atoms with van der Waals surface area (Å²) in [7, 11) is 0. The second-order valence-corrected chi connectivity index (χ2v) is 2.84. The minimum Gasteiger partial charge on any atom is -0.296 e. The number of aldehydes is 1. The van der Waals surface area contributed by atoms with Gasteiger partial charge in [-0.15, -0.1) is 0 Å². The number of halogens is 1. The van der Waals surface area contributed by atoms with Crippen molar-refractivity contribution >= 4 is 23.7 Å². The van der Waals surface area contributed by atoms with E-state index in [1.165, 1.54) is 16.7 Å². The predicted molar refractivity (Wildman–Crippen MR) is 48.1 cm³/mol. The summed E-state index contributed by atoms with van der Waals surface area (Å²) in [5, 5.41) is 8.88. The highest BCUT2D eigenvalue weighted by Gasteiger charge is 2.12. The van der Waals surface area contributed by atoms with Gasteiger partial charge in [-0.2, -0.15) is 5.26 Å². The Morgan fingerprint density at radius 3 is 3.07 bits per heavy atom. The topological polar surface area (TPSA) is 71.0 Å². The van der Waals surface area contributed by atoms with Gasteiger partial charge in [0.05, 0.1) is 0 Å². The van der Waals surface area contributed by atoms with Crippen LogP contribution < -0.4 is 0 Å². The summed E-state index contributed by atoms with van der Waals surface area (Å²) in [6.07, 6.45) is 1.96. The first-order valence-corrected chi connectivity index (χ1v) is 4.04. The Hall–Kier alpha value is -1.93. The molecule has 2 aromatic rings. The van der Waals surface area contributed by atoms with Crippen molar-refractivity contribution in [1.82, 2.24) is 14.4 Å². The van der Waals surface area contributed by atoms with Crippen molar-refractivity contribution in [3.63, 3.8) is 0 Å². The zero-order chi connectivity index (χ0) is 10.1. The number of nitriles is 1. The lowest BCUT2D eigenvalue weighted by molar-refractivity contribution is 0.111. The van der Waals surface area contributed by atoms with Crippen LogP contribution in [0, 0.1) is 11.3 Å². The largest absolute Gasteiger partial charge is 0.296 e. The molecule has 0 atom stereocenters. The Kier molecular flexibility index (Phi) is 1.91. The molecule has 68 valence electrons. The molecule has 0 saturated heterocycles. The van der Waals surface area contributed by atoms with Crippen molar-refractivity contribution in [3.05, 3.63) is 28.8 Å². The number of hydrogen-bond acceptors (Lipinski definition) is 4. The van der Waals surface area contributed by atoms with Crippen molar-refractivity contribution in [2.24, 2.45) is 0 Å². The molecule has 0 aromatic carbocycles. The lowest BCUT2D eigenvalue weighted by Gasteiger charge is -1.95. The van der Waals surface area contributed by atoms with Crippen molar-refractivity contribution < 1.29 is 4.79 Å². The van der Waals surface area contributed by atoms with Gasteiger partial charge in [0.2, 0.25) is 5.78 Å². The number of nitrogens with zero attached hydrogens (tertiary/aromatic N) is 4. The Morgan fingerprint density at radius 2 is 2.43 bits per heavy atom. The molecule has 0 bridgehead atoms. The van der Waals surface area contributed by atoms with E-state index >= 15 is 0 Å². The fraction of sp³-hybridized carbons (Fsp3) is 0. The Bertz CT molecular complexity index is 554. The van der Waals surface area contributed by atoms with E-state index in [2.05, 4.69) is 9.97 Å². The molecule has 0 unspecified atom stereocenters. The maximum atomic E-state index is 10.5. The normalized spacial score (nSPS) is 10.0. The Balaban J connectivity index is 2.94. The number of carbonyl (C=O) groups excluding carboxylic acids is 1. The van der Waals surface area contributed by atoms with E-state index in [1.807, 2.05) is 6.07 Å². The molecule has 0 aliphatic carbocycles. The van der Waals surface area contributed by atoms with E-state index in [9.17, 15) is 4.79 Å². The van der Waals surface area contributed by atoms with Crippen molar-refractivity contribution in [2.75, 3.05) is 0 Å². The highest BCUT2D eigenvalue weighted by atomic mass is 35.5. The molecule has 0 radical (unpaired) electrons. The lowest BCUT2D eigenvalue weighted by atomic mass is 10.4. The second kappa shape index (κ2) is 3.09. The smallest absolute Gasteiger partial charge is 0.236 e. The van der Waals surface area contributed by atoms with Crippen LogP contribution in [-0.2, 0) is 0 Å². The van der Waals surface area contributed by atoms with E-state index in [0.717, 1.165) is 0 Å². The fourth-order valence-electron chi connectivity index (χ4n) is 1.12. The highest BCUT2D eigenvalue weighted by Crippen LogP contribution is 2.17. The Labute approximate surface area is 83.6 Å². The van der Waals surface area contributed by atoms with Gasteiger partial charge in [-0.3, -0.25) is 9.20 Å². The van der Waals surface area contributed by atoms with Gasteiger partial charge in [0.25, 0.3) is 0 Å². The lowest BCUT2D eigenvalue weighted by Crippen LogP contribution is -1.93. The first-order chi connectivity index (χ1) is 6.77. The highest BCUT2D eigenvalue weighted by molar-refractivity contribution is 6.32. The summed E-state index contributed by atoms with van der Waals surface area (Å²) in [6.45, 7) is 0. The summed E-state index contributed by atoms with van der Waals surface area (Å²) < 4.78 is 1.32. The van der Waals surface area contributed by atoms with E-state index in [0.29, 0.717) is 12.0 Å². The zero-order valence-electron chi connectivity index (χ0n) is 6.81. The van der Waals surface area contributed by atoms with Crippen LogP contribution in [0.2, 0.25) is 5.15 Å². The molecule has 2 aromatic heterocycles. The van der Waals surface area contributed by atoms with Crippen LogP contribution in [0.25, 0.3) is 5.78 Å². The van der Waals surface area contributed by atoms with Crippen molar-refractivity contribution in [3.8, 4) is 6.07 Å². The van der Waals surface area contributed by atoms with Gasteiger partial charge in [-0.1, -0.05) is 11.6 Å². The third kappa shape index (κ3) is 1.05. The SMILES string of the molecule is N#Cc1ccnc2nc(C=O)c(Cl)n12. The molecule has 2 rings (SSSR count). The van der Waals surface area contributed by atoms with Crippen LogP contribution in [-0.4, -0.2) is 20.7 Å². The van der Waals surface area contributed by atoms with E-state index < -0.39 is 0 Å². The molecular formula is C8H3ClN4O. The van der Waals surface area contributed by atoms with Gasteiger partial charge < -0.3 is 0 Å². The first kappa shape index (κ1) is 8.66. The second-order valence-electron chi connectivity index (χ2n) is 2.48. The maximum absolute atomic E-state index is 10.5. The van der Waals surface area contributed by atoms with Crippen LogP contribution in [0.4, 0.5) is 0 Å². The molecular weight excluding hydrogens is 204 g/mol. The van der Waals surface area contributed by atoms with E-state index in [4.69, 9.17) is 16.9 Å². The summed E-state index contributed by atoms with van der Waals surface area (Å²) in [6, 6.07) is 3.43. The molecule has 0 amide bonds. The molecule has 5 nitrogen and oxygen atoms in total. The number of rotatable bonds is 1. The molecule has 0 N–H and O–H groups in total. The fourth-order valence-corrected chi connectivity index (χ4v) is 1.37. The third-order valence-electron chi connectivity index (χ3n) is 1.72. The molecule has 0 fully saturated rings. The zero-order valence-corrected chi connectivity index (χ0v) is 7.56.